The Labute approximate surface area is 85.0 Å². The van der Waals surface area contributed by atoms with Crippen molar-refractivity contribution in [3.8, 4) is 0 Å². The van der Waals surface area contributed by atoms with E-state index in [-0.39, 0.29) is 29.8 Å². The zero-order chi connectivity index (χ0) is 11.4. The third-order valence-corrected chi connectivity index (χ3v) is 2.02. The molecule has 0 spiro atoms. The molecule has 0 aromatic heterocycles. The van der Waals surface area contributed by atoms with Gasteiger partial charge >= 0.3 is 5.97 Å². The standard InChI is InChI=1S/C10H19NO3/c1-7(12)11-8(10(2,3)4)6-9(13)14-5/h8H,6H2,1-5H3,(H,11,12)/t8-/m1/s1. The molecule has 0 heterocycles. The molecule has 1 N–H and O–H groups in total. The van der Waals surface area contributed by atoms with E-state index in [0.717, 1.165) is 0 Å². The fourth-order valence-corrected chi connectivity index (χ4v) is 1.07. The van der Waals surface area contributed by atoms with Gasteiger partial charge in [-0.25, -0.2) is 0 Å². The smallest absolute Gasteiger partial charge is 0.307 e. The van der Waals surface area contributed by atoms with Gasteiger partial charge < -0.3 is 10.1 Å². The van der Waals surface area contributed by atoms with Crippen LogP contribution in [0.1, 0.15) is 34.1 Å². The summed E-state index contributed by atoms with van der Waals surface area (Å²) in [6, 6.07) is -0.188. The maximum atomic E-state index is 11.1. The molecule has 0 radical (unpaired) electrons. The molecule has 0 aromatic rings. The summed E-state index contributed by atoms with van der Waals surface area (Å²) in [4.78, 5) is 22.0. The Kier molecular flexibility index (Phi) is 4.60. The highest BCUT2D eigenvalue weighted by molar-refractivity contribution is 5.75. The Balaban J connectivity index is 4.41. The Bertz CT molecular complexity index is 218. The molecule has 4 heteroatoms. The molecule has 0 rings (SSSR count). The third kappa shape index (κ3) is 4.84. The topological polar surface area (TPSA) is 55.4 Å². The zero-order valence-electron chi connectivity index (χ0n) is 9.51. The van der Waals surface area contributed by atoms with Crippen LogP contribution in [0.5, 0.6) is 0 Å². The molecule has 1 amide bonds. The minimum Gasteiger partial charge on any atom is -0.469 e. The predicted molar refractivity (Wildman–Crippen MR) is 53.7 cm³/mol. The fraction of sp³-hybridized carbons (Fsp3) is 0.800. The van der Waals surface area contributed by atoms with Crippen LogP contribution >= 0.6 is 0 Å². The normalized spacial score (nSPS) is 13.2. The molecular weight excluding hydrogens is 182 g/mol. The molecule has 0 fully saturated rings. The maximum Gasteiger partial charge on any atom is 0.307 e. The minimum atomic E-state index is -0.307. The molecule has 4 nitrogen and oxygen atoms in total. The molecule has 0 saturated carbocycles. The lowest BCUT2D eigenvalue weighted by atomic mass is 9.85. The summed E-state index contributed by atoms with van der Waals surface area (Å²) in [5.74, 6) is -0.437. The second-order valence-corrected chi connectivity index (χ2v) is 4.40. The lowest BCUT2D eigenvalue weighted by molar-refractivity contribution is -0.142. The molecule has 82 valence electrons. The highest BCUT2D eigenvalue weighted by Crippen LogP contribution is 2.22. The van der Waals surface area contributed by atoms with Crippen molar-refractivity contribution >= 4 is 11.9 Å². The van der Waals surface area contributed by atoms with Gasteiger partial charge in [0, 0.05) is 13.0 Å². The molecule has 0 aliphatic heterocycles. The molecule has 0 aromatic carbocycles. The third-order valence-electron chi connectivity index (χ3n) is 2.02. The Morgan fingerprint density at radius 2 is 1.86 bits per heavy atom. The maximum absolute atomic E-state index is 11.1. The lowest BCUT2D eigenvalue weighted by Crippen LogP contribution is -2.44. The van der Waals surface area contributed by atoms with Crippen LogP contribution in [-0.4, -0.2) is 25.0 Å². The van der Waals surface area contributed by atoms with Crippen LogP contribution in [0.15, 0.2) is 0 Å². The van der Waals surface area contributed by atoms with E-state index in [2.05, 4.69) is 10.1 Å². The van der Waals surface area contributed by atoms with E-state index in [0.29, 0.717) is 0 Å². The second-order valence-electron chi connectivity index (χ2n) is 4.40. The van der Waals surface area contributed by atoms with Crippen LogP contribution in [0.2, 0.25) is 0 Å². The number of amides is 1. The van der Waals surface area contributed by atoms with Gasteiger partial charge in [0.15, 0.2) is 0 Å². The van der Waals surface area contributed by atoms with Gasteiger partial charge in [-0.05, 0) is 5.41 Å². The van der Waals surface area contributed by atoms with E-state index >= 15 is 0 Å². The fourth-order valence-electron chi connectivity index (χ4n) is 1.07. The number of nitrogens with one attached hydrogen (secondary N) is 1. The first kappa shape index (κ1) is 12.9. The first-order valence-corrected chi connectivity index (χ1v) is 4.61. The molecular formula is C10H19NO3. The highest BCUT2D eigenvalue weighted by atomic mass is 16.5. The average Bonchev–Trinajstić information content (AvgIpc) is 2.00. The van der Waals surface area contributed by atoms with Crippen LogP contribution in [0.3, 0.4) is 0 Å². The Morgan fingerprint density at radius 3 is 2.14 bits per heavy atom. The summed E-state index contributed by atoms with van der Waals surface area (Å²) >= 11 is 0. The SMILES string of the molecule is COC(=O)C[C@@H](NC(C)=O)C(C)(C)C. The molecule has 14 heavy (non-hydrogen) atoms. The van der Waals surface area contributed by atoms with E-state index in [9.17, 15) is 9.59 Å². The summed E-state index contributed by atoms with van der Waals surface area (Å²) in [5, 5.41) is 2.75. The molecule has 0 aliphatic carbocycles. The van der Waals surface area contributed by atoms with Crippen molar-refractivity contribution in [2.45, 2.75) is 40.2 Å². The van der Waals surface area contributed by atoms with Gasteiger partial charge in [0.2, 0.25) is 5.91 Å². The van der Waals surface area contributed by atoms with Gasteiger partial charge in [0.25, 0.3) is 0 Å². The number of esters is 1. The second kappa shape index (κ2) is 4.98. The first-order chi connectivity index (χ1) is 6.27. The molecule has 0 aliphatic rings. The number of methoxy groups -OCH3 is 1. The van der Waals surface area contributed by atoms with E-state index < -0.39 is 0 Å². The number of rotatable bonds is 3. The number of hydrogen-bond donors (Lipinski definition) is 1. The lowest BCUT2D eigenvalue weighted by Gasteiger charge is -2.30. The van der Waals surface area contributed by atoms with Crippen molar-refractivity contribution in [1.29, 1.82) is 0 Å². The van der Waals surface area contributed by atoms with Crippen molar-refractivity contribution in [2.24, 2.45) is 5.41 Å². The molecule has 0 unspecified atom stereocenters. The number of carbonyl (C=O) groups is 2. The summed E-state index contributed by atoms with van der Waals surface area (Å²) in [5.41, 5.74) is -0.153. The number of hydrogen-bond acceptors (Lipinski definition) is 3. The van der Waals surface area contributed by atoms with Crippen molar-refractivity contribution in [3.05, 3.63) is 0 Å². The summed E-state index contributed by atoms with van der Waals surface area (Å²) in [6.07, 6.45) is 0.208. The summed E-state index contributed by atoms with van der Waals surface area (Å²) in [6.45, 7) is 7.35. The van der Waals surface area contributed by atoms with Gasteiger partial charge in [-0.3, -0.25) is 9.59 Å². The highest BCUT2D eigenvalue weighted by Gasteiger charge is 2.27. The van der Waals surface area contributed by atoms with Gasteiger partial charge in [-0.2, -0.15) is 0 Å². The van der Waals surface area contributed by atoms with Crippen LogP contribution in [0, 0.1) is 5.41 Å². The predicted octanol–water partition coefficient (Wildman–Crippen LogP) is 1.10. The zero-order valence-corrected chi connectivity index (χ0v) is 9.51. The van der Waals surface area contributed by atoms with Crippen LogP contribution < -0.4 is 5.32 Å². The quantitative estimate of drug-likeness (QED) is 0.696. The van der Waals surface area contributed by atoms with Gasteiger partial charge in [0.05, 0.1) is 13.5 Å². The van der Waals surface area contributed by atoms with E-state index in [1.54, 1.807) is 0 Å². The molecule has 0 bridgehead atoms. The van der Waals surface area contributed by atoms with Crippen molar-refractivity contribution in [1.82, 2.24) is 5.32 Å². The van der Waals surface area contributed by atoms with E-state index in [1.807, 2.05) is 20.8 Å². The van der Waals surface area contributed by atoms with Gasteiger partial charge in [-0.15, -0.1) is 0 Å². The van der Waals surface area contributed by atoms with Crippen molar-refractivity contribution in [2.75, 3.05) is 7.11 Å². The van der Waals surface area contributed by atoms with Gasteiger partial charge in [-0.1, -0.05) is 20.8 Å². The monoisotopic (exact) mass is 201 g/mol. The average molecular weight is 201 g/mol. The summed E-state index contributed by atoms with van der Waals surface area (Å²) < 4.78 is 4.57. The first-order valence-electron chi connectivity index (χ1n) is 4.61. The van der Waals surface area contributed by atoms with Gasteiger partial charge in [0.1, 0.15) is 0 Å². The van der Waals surface area contributed by atoms with Crippen molar-refractivity contribution < 1.29 is 14.3 Å². The largest absolute Gasteiger partial charge is 0.469 e. The Morgan fingerprint density at radius 1 is 1.36 bits per heavy atom. The summed E-state index contributed by atoms with van der Waals surface area (Å²) in [7, 11) is 1.34. The minimum absolute atomic E-state index is 0.131. The Hall–Kier alpha value is -1.06. The van der Waals surface area contributed by atoms with Crippen LogP contribution in [-0.2, 0) is 14.3 Å². The number of carbonyl (C=O) groups excluding carboxylic acids is 2. The van der Waals surface area contributed by atoms with Crippen LogP contribution in [0.4, 0.5) is 0 Å². The number of ether oxygens (including phenoxy) is 1. The van der Waals surface area contributed by atoms with Crippen LogP contribution in [0.25, 0.3) is 0 Å². The van der Waals surface area contributed by atoms with E-state index in [4.69, 9.17) is 0 Å². The molecule has 0 saturated heterocycles. The van der Waals surface area contributed by atoms with E-state index in [1.165, 1.54) is 14.0 Å². The molecule has 1 atom stereocenters. The van der Waals surface area contributed by atoms with Crippen molar-refractivity contribution in [3.63, 3.8) is 0 Å².